The molecule has 4 heteroatoms. The molecule has 0 unspecified atom stereocenters. The van der Waals surface area contributed by atoms with Gasteiger partial charge in [-0.1, -0.05) is 13.8 Å². The van der Waals surface area contributed by atoms with Crippen LogP contribution in [0, 0.1) is 0 Å². The van der Waals surface area contributed by atoms with Crippen molar-refractivity contribution in [3.8, 4) is 0 Å². The molecule has 0 aromatic carbocycles. The SMILES string of the molecule is CC[C@@H](O)[C@H]1OC(C)(C)O[C@@H]1[C@H](O)CC. The Bertz CT molecular complexity index is 185. The first-order chi connectivity index (χ1) is 6.91. The van der Waals surface area contributed by atoms with E-state index in [4.69, 9.17) is 9.47 Å². The Morgan fingerprint density at radius 1 is 1.00 bits per heavy atom. The number of ether oxygens (including phenoxy) is 2. The fourth-order valence-electron chi connectivity index (χ4n) is 1.88. The standard InChI is InChI=1S/C11H22O4/c1-5-7(12)9-10(8(13)6-2)15-11(3,4)14-9/h7-10,12-13H,5-6H2,1-4H3/t7-,8-,9-,10-/m1/s1. The van der Waals surface area contributed by atoms with Gasteiger partial charge in [-0.3, -0.25) is 0 Å². The summed E-state index contributed by atoms with van der Waals surface area (Å²) in [5.74, 6) is -0.721. The van der Waals surface area contributed by atoms with E-state index in [1.165, 1.54) is 0 Å². The van der Waals surface area contributed by atoms with Crippen LogP contribution in [0.3, 0.4) is 0 Å². The molecule has 15 heavy (non-hydrogen) atoms. The summed E-state index contributed by atoms with van der Waals surface area (Å²) in [6.45, 7) is 7.36. The number of hydrogen-bond donors (Lipinski definition) is 2. The maximum atomic E-state index is 9.79. The highest BCUT2D eigenvalue weighted by atomic mass is 16.8. The zero-order valence-corrected chi connectivity index (χ0v) is 9.93. The first kappa shape index (κ1) is 12.9. The van der Waals surface area contributed by atoms with Crippen molar-refractivity contribution in [1.29, 1.82) is 0 Å². The highest BCUT2D eigenvalue weighted by Gasteiger charge is 2.46. The van der Waals surface area contributed by atoms with Gasteiger partial charge in [0.1, 0.15) is 12.2 Å². The van der Waals surface area contributed by atoms with E-state index in [-0.39, 0.29) is 0 Å². The molecule has 4 atom stereocenters. The number of aliphatic hydroxyl groups excluding tert-OH is 2. The summed E-state index contributed by atoms with van der Waals surface area (Å²) < 4.78 is 11.2. The lowest BCUT2D eigenvalue weighted by molar-refractivity contribution is -0.160. The van der Waals surface area contributed by atoms with Gasteiger partial charge < -0.3 is 19.7 Å². The average molecular weight is 218 g/mol. The van der Waals surface area contributed by atoms with E-state index in [0.717, 1.165) is 0 Å². The monoisotopic (exact) mass is 218 g/mol. The molecule has 0 aliphatic carbocycles. The van der Waals surface area contributed by atoms with Crippen LogP contribution < -0.4 is 0 Å². The zero-order valence-electron chi connectivity index (χ0n) is 9.93. The summed E-state index contributed by atoms with van der Waals surface area (Å²) in [6, 6.07) is 0. The Labute approximate surface area is 91.2 Å². The van der Waals surface area contributed by atoms with E-state index in [2.05, 4.69) is 0 Å². The first-order valence-electron chi connectivity index (χ1n) is 5.63. The maximum Gasteiger partial charge on any atom is 0.164 e. The lowest BCUT2D eigenvalue weighted by Gasteiger charge is -2.24. The van der Waals surface area contributed by atoms with E-state index >= 15 is 0 Å². The van der Waals surface area contributed by atoms with Crippen molar-refractivity contribution >= 4 is 0 Å². The van der Waals surface area contributed by atoms with Crippen LogP contribution in [0.1, 0.15) is 40.5 Å². The molecule has 90 valence electrons. The van der Waals surface area contributed by atoms with Gasteiger partial charge in [0.2, 0.25) is 0 Å². The molecular formula is C11H22O4. The number of rotatable bonds is 4. The minimum Gasteiger partial charge on any atom is -0.390 e. The second-order valence-corrected chi connectivity index (χ2v) is 4.52. The first-order valence-corrected chi connectivity index (χ1v) is 5.63. The molecule has 1 fully saturated rings. The summed E-state index contributed by atoms with van der Waals surface area (Å²) in [6.07, 6.45) is -0.843. The van der Waals surface area contributed by atoms with Crippen LogP contribution in [0.25, 0.3) is 0 Å². The largest absolute Gasteiger partial charge is 0.390 e. The highest BCUT2D eigenvalue weighted by Crippen LogP contribution is 2.33. The lowest BCUT2D eigenvalue weighted by Crippen LogP contribution is -2.41. The van der Waals surface area contributed by atoms with Gasteiger partial charge >= 0.3 is 0 Å². The molecule has 1 heterocycles. The molecule has 1 aliphatic rings. The lowest BCUT2D eigenvalue weighted by atomic mass is 10.0. The maximum absolute atomic E-state index is 9.79. The van der Waals surface area contributed by atoms with Crippen LogP contribution >= 0.6 is 0 Å². The Morgan fingerprint density at radius 3 is 1.60 bits per heavy atom. The van der Waals surface area contributed by atoms with Gasteiger partial charge in [-0.25, -0.2) is 0 Å². The van der Waals surface area contributed by atoms with E-state index in [1.54, 1.807) is 13.8 Å². The summed E-state index contributed by atoms with van der Waals surface area (Å²) in [5, 5.41) is 19.6. The van der Waals surface area contributed by atoms with Gasteiger partial charge in [-0.05, 0) is 26.7 Å². The van der Waals surface area contributed by atoms with Crippen LogP contribution in [0.5, 0.6) is 0 Å². The van der Waals surface area contributed by atoms with Gasteiger partial charge in [0.25, 0.3) is 0 Å². The molecule has 2 N–H and O–H groups in total. The Balaban J connectivity index is 2.74. The average Bonchev–Trinajstić information content (AvgIpc) is 2.52. The topological polar surface area (TPSA) is 58.9 Å². The van der Waals surface area contributed by atoms with Crippen LogP contribution in [0.2, 0.25) is 0 Å². The molecule has 0 radical (unpaired) electrons. The Kier molecular flexibility index (Phi) is 4.12. The second kappa shape index (κ2) is 4.78. The molecule has 0 aromatic rings. The van der Waals surface area contributed by atoms with E-state index in [1.807, 2.05) is 13.8 Å². The van der Waals surface area contributed by atoms with Gasteiger partial charge in [0, 0.05) is 0 Å². The van der Waals surface area contributed by atoms with Crippen LogP contribution in [0.4, 0.5) is 0 Å². The van der Waals surface area contributed by atoms with Crippen molar-refractivity contribution in [2.24, 2.45) is 0 Å². The molecule has 0 aromatic heterocycles. The smallest absolute Gasteiger partial charge is 0.164 e. The highest BCUT2D eigenvalue weighted by molar-refractivity contribution is 4.89. The molecular weight excluding hydrogens is 196 g/mol. The molecule has 1 rings (SSSR count). The van der Waals surface area contributed by atoms with Gasteiger partial charge in [-0.2, -0.15) is 0 Å². The predicted octanol–water partition coefficient (Wildman–Crippen LogP) is 1.05. The third-order valence-corrected chi connectivity index (χ3v) is 2.76. The Morgan fingerprint density at radius 2 is 1.33 bits per heavy atom. The zero-order chi connectivity index (χ0) is 11.6. The Hall–Kier alpha value is -0.160. The number of hydrogen-bond acceptors (Lipinski definition) is 4. The molecule has 0 saturated carbocycles. The predicted molar refractivity (Wildman–Crippen MR) is 56.4 cm³/mol. The van der Waals surface area contributed by atoms with E-state index in [9.17, 15) is 10.2 Å². The summed E-state index contributed by atoms with van der Waals surface area (Å²) in [5.41, 5.74) is 0. The third kappa shape index (κ3) is 2.91. The second-order valence-electron chi connectivity index (χ2n) is 4.52. The minimum atomic E-state index is -0.721. The van der Waals surface area contributed by atoms with Gasteiger partial charge in [0.15, 0.2) is 5.79 Å². The van der Waals surface area contributed by atoms with Gasteiger partial charge in [-0.15, -0.1) is 0 Å². The summed E-state index contributed by atoms with van der Waals surface area (Å²) in [4.78, 5) is 0. The van der Waals surface area contributed by atoms with E-state index in [0.29, 0.717) is 12.8 Å². The van der Waals surface area contributed by atoms with Crippen molar-refractivity contribution in [3.63, 3.8) is 0 Å². The molecule has 1 saturated heterocycles. The van der Waals surface area contributed by atoms with Crippen molar-refractivity contribution < 1.29 is 19.7 Å². The van der Waals surface area contributed by atoms with Crippen molar-refractivity contribution in [3.05, 3.63) is 0 Å². The van der Waals surface area contributed by atoms with E-state index < -0.39 is 30.2 Å². The molecule has 0 amide bonds. The fraction of sp³-hybridized carbons (Fsp3) is 1.00. The quantitative estimate of drug-likeness (QED) is 0.740. The van der Waals surface area contributed by atoms with Crippen molar-refractivity contribution in [1.82, 2.24) is 0 Å². The minimum absolute atomic E-state index is 0.431. The van der Waals surface area contributed by atoms with Crippen molar-refractivity contribution in [2.45, 2.75) is 70.7 Å². The van der Waals surface area contributed by atoms with Crippen molar-refractivity contribution in [2.75, 3.05) is 0 Å². The fourth-order valence-corrected chi connectivity index (χ4v) is 1.88. The van der Waals surface area contributed by atoms with Gasteiger partial charge in [0.05, 0.1) is 12.2 Å². The third-order valence-electron chi connectivity index (χ3n) is 2.76. The molecule has 1 aliphatic heterocycles. The molecule has 0 spiro atoms. The van der Waals surface area contributed by atoms with Crippen LogP contribution in [0.15, 0.2) is 0 Å². The normalized spacial score (nSPS) is 34.0. The van der Waals surface area contributed by atoms with Crippen LogP contribution in [-0.4, -0.2) is 40.4 Å². The molecule has 0 bridgehead atoms. The molecule has 4 nitrogen and oxygen atoms in total. The van der Waals surface area contributed by atoms with Crippen LogP contribution in [-0.2, 0) is 9.47 Å². The number of aliphatic hydroxyl groups is 2. The summed E-state index contributed by atoms with van der Waals surface area (Å²) in [7, 11) is 0. The summed E-state index contributed by atoms with van der Waals surface area (Å²) >= 11 is 0.